The van der Waals surface area contributed by atoms with Crippen LogP contribution in [0.3, 0.4) is 0 Å². The van der Waals surface area contributed by atoms with Crippen molar-refractivity contribution >= 4 is 17.5 Å². The maximum atomic E-state index is 10.6. The summed E-state index contributed by atoms with van der Waals surface area (Å²) >= 11 is 5.67. The Morgan fingerprint density at radius 3 is 2.70 bits per heavy atom. The van der Waals surface area contributed by atoms with E-state index in [2.05, 4.69) is 10.6 Å². The molecule has 2 unspecified atom stereocenters. The van der Waals surface area contributed by atoms with Gasteiger partial charge in [0.05, 0.1) is 5.50 Å². The first-order valence-electron chi connectivity index (χ1n) is 3.10. The molecule has 0 aromatic rings. The van der Waals surface area contributed by atoms with Gasteiger partial charge in [-0.3, -0.25) is 10.1 Å². The van der Waals surface area contributed by atoms with Crippen LogP contribution in [0, 0.1) is 0 Å². The van der Waals surface area contributed by atoms with E-state index in [1.807, 2.05) is 0 Å². The van der Waals surface area contributed by atoms with E-state index in [9.17, 15) is 4.79 Å². The molecule has 0 radical (unpaired) electrons. The summed E-state index contributed by atoms with van der Waals surface area (Å²) in [5.74, 6) is -0.363. The number of piperazine rings is 1. The van der Waals surface area contributed by atoms with Crippen LogP contribution in [0.15, 0.2) is 0 Å². The van der Waals surface area contributed by atoms with Gasteiger partial charge in [-0.25, -0.2) is 0 Å². The Bertz CT molecular complexity index is 141. The number of halogens is 1. The predicted molar refractivity (Wildman–Crippen MR) is 38.6 cm³/mol. The van der Waals surface area contributed by atoms with Crippen molar-refractivity contribution in [2.45, 2.75) is 11.5 Å². The number of carbonyl (C=O) groups excluding carboxylic acids is 1. The van der Waals surface area contributed by atoms with Gasteiger partial charge in [-0.15, -0.1) is 11.6 Å². The maximum absolute atomic E-state index is 10.6. The molecule has 0 spiro atoms. The average molecular weight is 164 g/mol. The van der Waals surface area contributed by atoms with E-state index in [1.165, 1.54) is 0 Å². The third kappa shape index (κ3) is 1.83. The minimum Gasteiger partial charge on any atom is -0.368 e. The van der Waals surface area contributed by atoms with Crippen molar-refractivity contribution in [2.75, 3.05) is 13.1 Å². The Morgan fingerprint density at radius 2 is 2.30 bits per heavy atom. The van der Waals surface area contributed by atoms with Crippen molar-refractivity contribution in [2.24, 2.45) is 5.73 Å². The molecule has 0 aromatic heterocycles. The van der Waals surface area contributed by atoms with Gasteiger partial charge in [0, 0.05) is 13.1 Å². The molecule has 4 N–H and O–H groups in total. The zero-order chi connectivity index (χ0) is 7.56. The number of nitrogens with two attached hydrogens (primary N) is 1. The molecular weight excluding hydrogens is 154 g/mol. The molecule has 5 heteroatoms. The van der Waals surface area contributed by atoms with Crippen LogP contribution >= 0.6 is 11.6 Å². The normalized spacial score (nSPS) is 33.7. The van der Waals surface area contributed by atoms with Crippen molar-refractivity contribution in [3.63, 3.8) is 0 Å². The van der Waals surface area contributed by atoms with E-state index < -0.39 is 0 Å². The Kier molecular flexibility index (Phi) is 2.48. The molecular formula is C5H10ClN3O. The quantitative estimate of drug-likeness (QED) is 0.329. The molecule has 4 nitrogen and oxygen atoms in total. The number of rotatable bonds is 1. The van der Waals surface area contributed by atoms with Gasteiger partial charge >= 0.3 is 0 Å². The lowest BCUT2D eigenvalue weighted by Crippen LogP contribution is -2.57. The smallest absolute Gasteiger partial charge is 0.235 e. The minimum absolute atomic E-state index is 0.189. The molecule has 1 amide bonds. The van der Waals surface area contributed by atoms with E-state index in [0.717, 1.165) is 0 Å². The zero-order valence-corrected chi connectivity index (χ0v) is 6.19. The van der Waals surface area contributed by atoms with Gasteiger partial charge in [-0.1, -0.05) is 0 Å². The van der Waals surface area contributed by atoms with Gasteiger partial charge in [0.25, 0.3) is 0 Å². The molecule has 0 aromatic carbocycles. The monoisotopic (exact) mass is 163 g/mol. The second kappa shape index (κ2) is 3.18. The molecule has 0 saturated carbocycles. The van der Waals surface area contributed by atoms with Crippen LogP contribution in [0.4, 0.5) is 0 Å². The summed E-state index contributed by atoms with van der Waals surface area (Å²) in [6, 6.07) is -0.323. The number of primary amides is 1. The number of alkyl halides is 1. The minimum atomic E-state index is -0.363. The van der Waals surface area contributed by atoms with Crippen LogP contribution in [0.2, 0.25) is 0 Å². The number of carbonyl (C=O) groups is 1. The zero-order valence-electron chi connectivity index (χ0n) is 5.43. The van der Waals surface area contributed by atoms with E-state index in [0.29, 0.717) is 13.1 Å². The van der Waals surface area contributed by atoms with Crippen LogP contribution in [0.25, 0.3) is 0 Å². The van der Waals surface area contributed by atoms with E-state index in [1.54, 1.807) is 0 Å². The predicted octanol–water partition coefficient (Wildman–Crippen LogP) is -1.40. The summed E-state index contributed by atoms with van der Waals surface area (Å²) in [5, 5.41) is 5.81. The van der Waals surface area contributed by atoms with Crippen molar-refractivity contribution in [1.29, 1.82) is 0 Å². The molecule has 1 fully saturated rings. The molecule has 1 saturated heterocycles. The van der Waals surface area contributed by atoms with Crippen LogP contribution in [0.1, 0.15) is 0 Å². The third-order valence-corrected chi connectivity index (χ3v) is 1.68. The highest BCUT2D eigenvalue weighted by Crippen LogP contribution is 1.96. The fourth-order valence-corrected chi connectivity index (χ4v) is 1.13. The van der Waals surface area contributed by atoms with Crippen LogP contribution in [-0.4, -0.2) is 30.5 Å². The van der Waals surface area contributed by atoms with Gasteiger partial charge < -0.3 is 11.1 Å². The summed E-state index contributed by atoms with van der Waals surface area (Å²) in [5.41, 5.74) is 4.84. The van der Waals surface area contributed by atoms with E-state index in [4.69, 9.17) is 17.3 Å². The first kappa shape index (κ1) is 7.78. The summed E-state index contributed by atoms with van der Waals surface area (Å²) in [6.45, 7) is 1.24. The standard InChI is InChI=1S/C5H10ClN3O/c6-4-2-8-1-3(9-4)5(7)10/h3-4,8-9H,1-2H2,(H2,7,10). The van der Waals surface area contributed by atoms with Crippen molar-refractivity contribution in [3.8, 4) is 0 Å². The Labute approximate surface area is 64.1 Å². The summed E-state index contributed by atoms with van der Waals surface area (Å²) in [4.78, 5) is 10.6. The van der Waals surface area contributed by atoms with Crippen molar-refractivity contribution < 1.29 is 4.79 Å². The van der Waals surface area contributed by atoms with Gasteiger partial charge in [-0.05, 0) is 0 Å². The Balaban J connectivity index is 2.39. The van der Waals surface area contributed by atoms with Crippen LogP contribution in [0.5, 0.6) is 0 Å². The molecule has 1 rings (SSSR count). The molecule has 58 valence electrons. The molecule has 0 aliphatic carbocycles. The average Bonchev–Trinajstić information content (AvgIpc) is 1.88. The lowest BCUT2D eigenvalue weighted by molar-refractivity contribution is -0.120. The molecule has 10 heavy (non-hydrogen) atoms. The topological polar surface area (TPSA) is 67.2 Å². The molecule has 1 heterocycles. The fourth-order valence-electron chi connectivity index (χ4n) is 0.873. The first-order valence-corrected chi connectivity index (χ1v) is 3.54. The highest BCUT2D eigenvalue weighted by molar-refractivity contribution is 6.20. The number of nitrogens with one attached hydrogen (secondary N) is 2. The van der Waals surface area contributed by atoms with Crippen LogP contribution < -0.4 is 16.4 Å². The van der Waals surface area contributed by atoms with Gasteiger partial charge in [0.1, 0.15) is 6.04 Å². The third-order valence-electron chi connectivity index (χ3n) is 1.40. The lowest BCUT2D eigenvalue weighted by atomic mass is 10.2. The second-order valence-electron chi connectivity index (χ2n) is 2.25. The van der Waals surface area contributed by atoms with Gasteiger partial charge in [-0.2, -0.15) is 0 Å². The Morgan fingerprint density at radius 1 is 1.60 bits per heavy atom. The van der Waals surface area contributed by atoms with Crippen molar-refractivity contribution in [1.82, 2.24) is 10.6 Å². The largest absolute Gasteiger partial charge is 0.368 e. The molecule has 1 aliphatic heterocycles. The van der Waals surface area contributed by atoms with Crippen LogP contribution in [-0.2, 0) is 4.79 Å². The molecule has 1 aliphatic rings. The molecule has 2 atom stereocenters. The number of amides is 1. The number of hydrogen-bond donors (Lipinski definition) is 3. The second-order valence-corrected chi connectivity index (χ2v) is 2.77. The van der Waals surface area contributed by atoms with E-state index >= 15 is 0 Å². The summed E-state index contributed by atoms with van der Waals surface area (Å²) < 4.78 is 0. The first-order chi connectivity index (χ1) is 4.70. The summed E-state index contributed by atoms with van der Waals surface area (Å²) in [6.07, 6.45) is 0. The van der Waals surface area contributed by atoms with Gasteiger partial charge in [0.2, 0.25) is 5.91 Å². The molecule has 0 bridgehead atoms. The SMILES string of the molecule is NC(=O)C1CNCC(Cl)N1. The number of hydrogen-bond acceptors (Lipinski definition) is 3. The van der Waals surface area contributed by atoms with E-state index in [-0.39, 0.29) is 17.5 Å². The van der Waals surface area contributed by atoms with Gasteiger partial charge in [0.15, 0.2) is 0 Å². The summed E-state index contributed by atoms with van der Waals surface area (Å²) in [7, 11) is 0. The maximum Gasteiger partial charge on any atom is 0.235 e. The fraction of sp³-hybridized carbons (Fsp3) is 0.800. The highest BCUT2D eigenvalue weighted by Gasteiger charge is 2.22. The Hall–Kier alpha value is -0.320. The van der Waals surface area contributed by atoms with Crippen molar-refractivity contribution in [3.05, 3.63) is 0 Å². The lowest BCUT2D eigenvalue weighted by Gasteiger charge is -2.25. The highest BCUT2D eigenvalue weighted by atomic mass is 35.5.